The number of nitrogens with zero attached hydrogens (tertiary/aromatic N) is 1. The molecule has 0 saturated carbocycles. The van der Waals surface area contributed by atoms with Crippen LogP contribution in [-0.2, 0) is 0 Å². The van der Waals surface area contributed by atoms with Gasteiger partial charge in [0.15, 0.2) is 0 Å². The molecule has 0 unspecified atom stereocenters. The number of amides is 1. The summed E-state index contributed by atoms with van der Waals surface area (Å²) >= 11 is 0. The van der Waals surface area contributed by atoms with Crippen LogP contribution in [0.25, 0.3) is 0 Å². The van der Waals surface area contributed by atoms with Gasteiger partial charge in [0.05, 0.1) is 5.56 Å². The number of carbonyl (C=O) groups excluding carboxylic acids is 1. The van der Waals surface area contributed by atoms with E-state index in [1.54, 1.807) is 23.1 Å². The summed E-state index contributed by atoms with van der Waals surface area (Å²) in [6, 6.07) is 5.11. The lowest BCUT2D eigenvalue weighted by Crippen LogP contribution is -2.31. The Bertz CT molecular complexity index is 417. The summed E-state index contributed by atoms with van der Waals surface area (Å²) in [5, 5.41) is 9.65. The van der Waals surface area contributed by atoms with Crippen molar-refractivity contribution in [2.75, 3.05) is 13.1 Å². The van der Waals surface area contributed by atoms with Crippen LogP contribution in [0.4, 0.5) is 0 Å². The van der Waals surface area contributed by atoms with Crippen molar-refractivity contribution in [2.45, 2.75) is 19.4 Å². The first-order valence-electron chi connectivity index (χ1n) is 5.42. The summed E-state index contributed by atoms with van der Waals surface area (Å²) < 4.78 is 0. The molecule has 0 aliphatic carbocycles. The molecule has 0 spiro atoms. The third-order valence-electron chi connectivity index (χ3n) is 2.89. The molecule has 0 aromatic heterocycles. The van der Waals surface area contributed by atoms with Crippen molar-refractivity contribution in [3.63, 3.8) is 0 Å². The van der Waals surface area contributed by atoms with Crippen LogP contribution in [0.1, 0.15) is 22.3 Å². The average Bonchev–Trinajstić information content (AvgIpc) is 2.67. The van der Waals surface area contributed by atoms with Gasteiger partial charge in [-0.3, -0.25) is 4.79 Å². The monoisotopic (exact) mass is 220 g/mol. The molecule has 1 aromatic carbocycles. The molecule has 1 atom stereocenters. The summed E-state index contributed by atoms with van der Waals surface area (Å²) in [5.74, 6) is -0.0924. The number of phenols is 1. The Morgan fingerprint density at radius 2 is 2.31 bits per heavy atom. The zero-order valence-corrected chi connectivity index (χ0v) is 9.31. The maximum atomic E-state index is 12.1. The lowest BCUT2D eigenvalue weighted by molar-refractivity contribution is 0.0788. The van der Waals surface area contributed by atoms with Crippen molar-refractivity contribution in [2.24, 2.45) is 5.73 Å². The molecule has 1 saturated heterocycles. The van der Waals surface area contributed by atoms with Crippen molar-refractivity contribution in [3.05, 3.63) is 29.3 Å². The lowest BCUT2D eigenvalue weighted by Gasteiger charge is -2.16. The summed E-state index contributed by atoms with van der Waals surface area (Å²) in [6.45, 7) is 3.14. The van der Waals surface area contributed by atoms with E-state index in [-0.39, 0.29) is 17.7 Å². The van der Waals surface area contributed by atoms with Gasteiger partial charge < -0.3 is 15.7 Å². The van der Waals surface area contributed by atoms with Crippen molar-refractivity contribution in [3.8, 4) is 5.75 Å². The van der Waals surface area contributed by atoms with Crippen molar-refractivity contribution < 1.29 is 9.90 Å². The number of carbonyl (C=O) groups is 1. The number of rotatable bonds is 1. The fraction of sp³-hybridized carbons (Fsp3) is 0.417. The van der Waals surface area contributed by atoms with Crippen LogP contribution in [-0.4, -0.2) is 35.0 Å². The smallest absolute Gasteiger partial charge is 0.257 e. The predicted octanol–water partition coefficient (Wildman–Crippen LogP) is 0.874. The number of phenolic OH excluding ortho intramolecular Hbond substituents is 1. The minimum Gasteiger partial charge on any atom is -0.507 e. The highest BCUT2D eigenvalue weighted by Gasteiger charge is 2.25. The van der Waals surface area contributed by atoms with Crippen molar-refractivity contribution >= 4 is 5.91 Å². The lowest BCUT2D eigenvalue weighted by atomic mass is 10.1. The van der Waals surface area contributed by atoms with Gasteiger partial charge in [0.2, 0.25) is 0 Å². The van der Waals surface area contributed by atoms with E-state index in [1.165, 1.54) is 0 Å². The summed E-state index contributed by atoms with van der Waals surface area (Å²) in [6.07, 6.45) is 0.832. The van der Waals surface area contributed by atoms with Gasteiger partial charge in [-0.2, -0.15) is 0 Å². The third-order valence-corrected chi connectivity index (χ3v) is 2.89. The summed E-state index contributed by atoms with van der Waals surface area (Å²) in [5.41, 5.74) is 7.08. The van der Waals surface area contributed by atoms with E-state index in [9.17, 15) is 9.90 Å². The highest BCUT2D eigenvalue weighted by Crippen LogP contribution is 2.21. The fourth-order valence-electron chi connectivity index (χ4n) is 1.96. The molecule has 2 rings (SSSR count). The molecule has 1 aromatic rings. The second-order valence-electron chi connectivity index (χ2n) is 4.32. The first-order valence-corrected chi connectivity index (χ1v) is 5.42. The Kier molecular flexibility index (Phi) is 2.83. The minimum atomic E-state index is -0.130. The van der Waals surface area contributed by atoms with E-state index in [1.807, 2.05) is 6.92 Å². The molecule has 16 heavy (non-hydrogen) atoms. The number of hydrogen-bond acceptors (Lipinski definition) is 3. The maximum Gasteiger partial charge on any atom is 0.257 e. The van der Waals surface area contributed by atoms with Crippen LogP contribution < -0.4 is 5.73 Å². The largest absolute Gasteiger partial charge is 0.507 e. The number of benzene rings is 1. The molecule has 4 nitrogen and oxygen atoms in total. The zero-order valence-electron chi connectivity index (χ0n) is 9.31. The number of likely N-dealkylation sites (tertiary alicyclic amines) is 1. The molecular formula is C12H16N2O2. The quantitative estimate of drug-likeness (QED) is 0.738. The molecule has 86 valence electrons. The van der Waals surface area contributed by atoms with Crippen LogP contribution in [0, 0.1) is 6.92 Å². The van der Waals surface area contributed by atoms with Gasteiger partial charge in [-0.25, -0.2) is 0 Å². The molecular weight excluding hydrogens is 204 g/mol. The van der Waals surface area contributed by atoms with Crippen LogP contribution in [0.15, 0.2) is 18.2 Å². The van der Waals surface area contributed by atoms with E-state index >= 15 is 0 Å². The van der Waals surface area contributed by atoms with Gasteiger partial charge in [-0.05, 0) is 25.5 Å². The molecule has 0 radical (unpaired) electrons. The van der Waals surface area contributed by atoms with Crippen LogP contribution >= 0.6 is 0 Å². The topological polar surface area (TPSA) is 66.6 Å². The Morgan fingerprint density at radius 3 is 2.94 bits per heavy atom. The fourth-order valence-corrected chi connectivity index (χ4v) is 1.96. The normalized spacial score (nSPS) is 20.1. The van der Waals surface area contributed by atoms with Gasteiger partial charge in [-0.1, -0.05) is 11.6 Å². The van der Waals surface area contributed by atoms with Gasteiger partial charge in [-0.15, -0.1) is 0 Å². The number of hydrogen-bond donors (Lipinski definition) is 2. The second kappa shape index (κ2) is 4.14. The first-order chi connectivity index (χ1) is 7.58. The number of aromatic hydroxyl groups is 1. The Morgan fingerprint density at radius 1 is 1.56 bits per heavy atom. The summed E-state index contributed by atoms with van der Waals surface area (Å²) in [7, 11) is 0. The molecule has 1 aliphatic rings. The molecule has 1 heterocycles. The standard InChI is InChI=1S/C12H16N2O2/c1-8-2-3-11(15)10(6-8)12(16)14-5-4-9(13)7-14/h2-3,6,9,15H,4-5,7,13H2,1H3/t9-/m1/s1. The minimum absolute atomic E-state index is 0.0380. The summed E-state index contributed by atoms with van der Waals surface area (Å²) in [4.78, 5) is 13.8. The van der Waals surface area contributed by atoms with Crippen LogP contribution in [0.5, 0.6) is 5.75 Å². The molecule has 1 amide bonds. The van der Waals surface area contributed by atoms with Gasteiger partial charge in [0.25, 0.3) is 5.91 Å². The second-order valence-corrected chi connectivity index (χ2v) is 4.32. The van der Waals surface area contributed by atoms with E-state index < -0.39 is 0 Å². The Labute approximate surface area is 94.7 Å². The molecule has 1 fully saturated rings. The maximum absolute atomic E-state index is 12.1. The predicted molar refractivity (Wildman–Crippen MR) is 61.3 cm³/mol. The Hall–Kier alpha value is -1.55. The van der Waals surface area contributed by atoms with Crippen molar-refractivity contribution in [1.82, 2.24) is 4.90 Å². The average molecular weight is 220 g/mol. The van der Waals surface area contributed by atoms with Crippen LogP contribution in [0.3, 0.4) is 0 Å². The van der Waals surface area contributed by atoms with Gasteiger partial charge >= 0.3 is 0 Å². The number of nitrogens with two attached hydrogens (primary N) is 1. The van der Waals surface area contributed by atoms with E-state index in [0.717, 1.165) is 12.0 Å². The third kappa shape index (κ3) is 2.02. The van der Waals surface area contributed by atoms with E-state index in [4.69, 9.17) is 5.73 Å². The van der Waals surface area contributed by atoms with E-state index in [0.29, 0.717) is 18.7 Å². The highest BCUT2D eigenvalue weighted by atomic mass is 16.3. The molecule has 1 aliphatic heterocycles. The van der Waals surface area contributed by atoms with Crippen molar-refractivity contribution in [1.29, 1.82) is 0 Å². The van der Waals surface area contributed by atoms with E-state index in [2.05, 4.69) is 0 Å². The molecule has 0 bridgehead atoms. The highest BCUT2D eigenvalue weighted by molar-refractivity contribution is 5.97. The first kappa shape index (κ1) is 11.0. The van der Waals surface area contributed by atoms with Gasteiger partial charge in [0.1, 0.15) is 5.75 Å². The molecule has 4 heteroatoms. The SMILES string of the molecule is Cc1ccc(O)c(C(=O)N2CC[C@@H](N)C2)c1. The number of aryl methyl sites for hydroxylation is 1. The zero-order chi connectivity index (χ0) is 11.7. The van der Waals surface area contributed by atoms with Crippen LogP contribution in [0.2, 0.25) is 0 Å². The Balaban J connectivity index is 2.23. The molecule has 3 N–H and O–H groups in total. The van der Waals surface area contributed by atoms with Gasteiger partial charge in [0, 0.05) is 19.1 Å².